The molecule has 1 aliphatic carbocycles. The Morgan fingerprint density at radius 3 is 2.41 bits per heavy atom. The predicted molar refractivity (Wildman–Crippen MR) is 66.7 cm³/mol. The van der Waals surface area contributed by atoms with Crippen molar-refractivity contribution in [3.8, 4) is 0 Å². The van der Waals surface area contributed by atoms with Gasteiger partial charge in [0.2, 0.25) is 0 Å². The smallest absolute Gasteiger partial charge is 0.312 e. The minimum Gasteiger partial charge on any atom is -0.499 e. The summed E-state index contributed by atoms with van der Waals surface area (Å²) in [6, 6.07) is 8.53. The van der Waals surface area contributed by atoms with Gasteiger partial charge in [0.25, 0.3) is 0 Å². The molecular formula is C13H16O3Si. The van der Waals surface area contributed by atoms with Crippen LogP contribution < -0.4 is 0 Å². The van der Waals surface area contributed by atoms with Gasteiger partial charge < -0.3 is 14.2 Å². The SMILES string of the molecule is COC(OC)=C(OC)[Si]C1Cc2ccccc21. The number of benzene rings is 1. The van der Waals surface area contributed by atoms with E-state index in [2.05, 4.69) is 24.3 Å². The Bertz CT molecular complexity index is 422. The van der Waals surface area contributed by atoms with Crippen molar-refractivity contribution in [2.75, 3.05) is 21.3 Å². The second-order valence-electron chi connectivity index (χ2n) is 3.83. The van der Waals surface area contributed by atoms with Crippen molar-refractivity contribution < 1.29 is 14.2 Å². The fourth-order valence-corrected chi connectivity index (χ4v) is 3.53. The summed E-state index contributed by atoms with van der Waals surface area (Å²) in [6.45, 7) is 0. The Hall–Kier alpha value is -1.42. The molecule has 1 aromatic rings. The third-order valence-electron chi connectivity index (χ3n) is 2.92. The molecule has 90 valence electrons. The van der Waals surface area contributed by atoms with Gasteiger partial charge in [0.15, 0.2) is 9.52 Å². The Labute approximate surface area is 104 Å². The summed E-state index contributed by atoms with van der Waals surface area (Å²) in [6.07, 6.45) is 1.11. The standard InChI is InChI=1S/C13H16O3Si/c1-14-12(15-2)13(16-3)17-11-8-9-6-4-5-7-10(9)11/h4-7,11H,8H2,1-3H3. The molecule has 1 aliphatic rings. The van der Waals surface area contributed by atoms with E-state index in [9.17, 15) is 0 Å². The molecule has 0 bridgehead atoms. The first-order chi connectivity index (χ1) is 8.30. The van der Waals surface area contributed by atoms with E-state index in [1.165, 1.54) is 11.1 Å². The van der Waals surface area contributed by atoms with Gasteiger partial charge in [-0.25, -0.2) is 0 Å². The maximum Gasteiger partial charge on any atom is 0.312 e. The first-order valence-corrected chi connectivity index (χ1v) is 6.58. The van der Waals surface area contributed by atoms with Gasteiger partial charge in [-0.1, -0.05) is 24.3 Å². The molecule has 2 radical (unpaired) electrons. The first-order valence-electron chi connectivity index (χ1n) is 5.50. The van der Waals surface area contributed by atoms with Crippen LogP contribution in [0, 0.1) is 0 Å². The molecule has 0 amide bonds. The van der Waals surface area contributed by atoms with Crippen molar-refractivity contribution in [1.29, 1.82) is 0 Å². The monoisotopic (exact) mass is 248 g/mol. The van der Waals surface area contributed by atoms with E-state index in [1.807, 2.05) is 0 Å². The molecule has 1 aromatic carbocycles. The quantitative estimate of drug-likeness (QED) is 0.589. The lowest BCUT2D eigenvalue weighted by molar-refractivity contribution is 0.0753. The number of fused-ring (bicyclic) bond motifs is 1. The molecule has 0 N–H and O–H groups in total. The molecule has 17 heavy (non-hydrogen) atoms. The van der Waals surface area contributed by atoms with E-state index >= 15 is 0 Å². The largest absolute Gasteiger partial charge is 0.499 e. The molecule has 3 nitrogen and oxygen atoms in total. The topological polar surface area (TPSA) is 27.7 Å². The van der Waals surface area contributed by atoms with Crippen LogP contribution in [0.15, 0.2) is 35.6 Å². The van der Waals surface area contributed by atoms with Gasteiger partial charge in [0.1, 0.15) is 5.38 Å². The molecule has 1 atom stereocenters. The van der Waals surface area contributed by atoms with E-state index in [4.69, 9.17) is 14.2 Å². The summed E-state index contributed by atoms with van der Waals surface area (Å²) in [5, 5.41) is 0.800. The van der Waals surface area contributed by atoms with Gasteiger partial charge in [-0.05, 0) is 23.1 Å². The van der Waals surface area contributed by atoms with Gasteiger partial charge >= 0.3 is 5.95 Å². The molecule has 0 heterocycles. The molecular weight excluding hydrogens is 232 g/mol. The highest BCUT2D eigenvalue weighted by Crippen LogP contribution is 2.35. The Balaban J connectivity index is 2.10. The molecule has 0 aliphatic heterocycles. The number of rotatable bonds is 5. The van der Waals surface area contributed by atoms with Gasteiger partial charge in [0.05, 0.1) is 21.3 Å². The fourth-order valence-electron chi connectivity index (χ4n) is 2.02. The first kappa shape index (κ1) is 12.0. The van der Waals surface area contributed by atoms with Crippen LogP contribution >= 0.6 is 0 Å². The Kier molecular flexibility index (Phi) is 3.74. The fraction of sp³-hybridized carbons (Fsp3) is 0.385. The molecule has 0 saturated carbocycles. The van der Waals surface area contributed by atoms with Crippen LogP contribution in [-0.2, 0) is 20.6 Å². The van der Waals surface area contributed by atoms with Crippen LogP contribution in [0.2, 0.25) is 0 Å². The lowest BCUT2D eigenvalue weighted by atomic mass is 9.88. The zero-order valence-electron chi connectivity index (χ0n) is 10.3. The molecule has 0 saturated heterocycles. The maximum absolute atomic E-state index is 5.36. The van der Waals surface area contributed by atoms with Crippen molar-refractivity contribution in [2.24, 2.45) is 0 Å². The molecule has 0 spiro atoms. The average Bonchev–Trinajstić information content (AvgIpc) is 2.34. The maximum atomic E-state index is 5.36. The third kappa shape index (κ3) is 2.31. The minimum atomic E-state index is 0.482. The van der Waals surface area contributed by atoms with Crippen molar-refractivity contribution in [2.45, 2.75) is 12.0 Å². The molecule has 0 aromatic heterocycles. The summed E-state index contributed by atoms with van der Waals surface area (Å²) in [5.41, 5.74) is 3.41. The van der Waals surface area contributed by atoms with Crippen LogP contribution in [0.5, 0.6) is 0 Å². The van der Waals surface area contributed by atoms with E-state index in [1.54, 1.807) is 21.3 Å². The zero-order valence-corrected chi connectivity index (χ0v) is 11.3. The van der Waals surface area contributed by atoms with Crippen molar-refractivity contribution in [1.82, 2.24) is 0 Å². The highest BCUT2D eigenvalue weighted by Gasteiger charge is 2.29. The number of ether oxygens (including phenoxy) is 3. The second-order valence-corrected chi connectivity index (χ2v) is 5.27. The van der Waals surface area contributed by atoms with Crippen molar-refractivity contribution >= 4 is 9.52 Å². The predicted octanol–water partition coefficient (Wildman–Crippen LogP) is 2.05. The third-order valence-corrected chi connectivity index (χ3v) is 4.45. The zero-order chi connectivity index (χ0) is 12.3. The number of hydrogen-bond donors (Lipinski definition) is 0. The molecule has 0 fully saturated rings. The highest BCUT2D eigenvalue weighted by atomic mass is 28.2. The lowest BCUT2D eigenvalue weighted by Gasteiger charge is -2.29. The average molecular weight is 248 g/mol. The Morgan fingerprint density at radius 1 is 1.12 bits per heavy atom. The second kappa shape index (κ2) is 5.27. The summed E-state index contributed by atoms with van der Waals surface area (Å²) in [5.74, 6) is 0.482. The minimum absolute atomic E-state index is 0.482. The summed E-state index contributed by atoms with van der Waals surface area (Å²) < 4.78 is 15.7. The van der Waals surface area contributed by atoms with Crippen LogP contribution in [-0.4, -0.2) is 30.8 Å². The summed E-state index contributed by atoms with van der Waals surface area (Å²) in [4.78, 5) is 0. The van der Waals surface area contributed by atoms with Gasteiger partial charge in [-0.2, -0.15) is 0 Å². The number of methoxy groups -OCH3 is 3. The molecule has 1 unspecified atom stereocenters. The van der Waals surface area contributed by atoms with Crippen molar-refractivity contribution in [3.63, 3.8) is 0 Å². The number of hydrogen-bond acceptors (Lipinski definition) is 3. The van der Waals surface area contributed by atoms with Crippen LogP contribution in [0.25, 0.3) is 0 Å². The Morgan fingerprint density at radius 2 is 1.82 bits per heavy atom. The van der Waals surface area contributed by atoms with Crippen LogP contribution in [0.1, 0.15) is 16.7 Å². The van der Waals surface area contributed by atoms with E-state index in [0.717, 1.165) is 11.8 Å². The van der Waals surface area contributed by atoms with Gasteiger partial charge in [-0.15, -0.1) is 0 Å². The van der Waals surface area contributed by atoms with Gasteiger partial charge in [0, 0.05) is 0 Å². The van der Waals surface area contributed by atoms with Crippen molar-refractivity contribution in [3.05, 3.63) is 46.7 Å². The van der Waals surface area contributed by atoms with Crippen LogP contribution in [0.4, 0.5) is 0 Å². The van der Waals surface area contributed by atoms with Gasteiger partial charge in [-0.3, -0.25) is 0 Å². The lowest BCUT2D eigenvalue weighted by Crippen LogP contribution is -2.25. The van der Waals surface area contributed by atoms with Crippen LogP contribution in [0.3, 0.4) is 0 Å². The molecule has 4 heteroatoms. The normalized spacial score (nSPS) is 16.5. The highest BCUT2D eigenvalue weighted by molar-refractivity contribution is 6.47. The summed E-state index contributed by atoms with van der Waals surface area (Å²) >= 11 is 0. The van der Waals surface area contributed by atoms with E-state index in [-0.39, 0.29) is 0 Å². The summed E-state index contributed by atoms with van der Waals surface area (Å²) in [7, 11) is 5.40. The molecule has 2 rings (SSSR count). The van der Waals surface area contributed by atoms with E-state index in [0.29, 0.717) is 21.0 Å². The van der Waals surface area contributed by atoms with E-state index < -0.39 is 0 Å².